The van der Waals surface area contributed by atoms with Crippen LogP contribution in [0.15, 0.2) is 78.9 Å². The predicted molar refractivity (Wildman–Crippen MR) is 154 cm³/mol. The summed E-state index contributed by atoms with van der Waals surface area (Å²) in [6.45, 7) is 0.615. The van der Waals surface area contributed by atoms with Crippen molar-refractivity contribution in [3.8, 4) is 23.3 Å². The van der Waals surface area contributed by atoms with Gasteiger partial charge in [0.15, 0.2) is 5.82 Å². The van der Waals surface area contributed by atoms with Gasteiger partial charge in [-0.2, -0.15) is 5.26 Å². The van der Waals surface area contributed by atoms with E-state index in [1.54, 1.807) is 16.8 Å². The molecule has 0 aliphatic heterocycles. The average Bonchev–Trinajstić information content (AvgIpc) is 3.42. The molecule has 3 aromatic carbocycles. The second-order valence-corrected chi connectivity index (χ2v) is 10.1. The molecule has 10 nitrogen and oxygen atoms in total. The van der Waals surface area contributed by atoms with Crippen molar-refractivity contribution in [2.24, 2.45) is 0 Å². The fraction of sp³-hybridized carbons (Fsp3) is 0.300. The Kier molecular flexibility index (Phi) is 9.41. The van der Waals surface area contributed by atoms with Gasteiger partial charge in [0, 0.05) is 11.7 Å². The van der Waals surface area contributed by atoms with Gasteiger partial charge in [-0.05, 0) is 71.8 Å². The first-order chi connectivity index (χ1) is 20.1. The van der Waals surface area contributed by atoms with Gasteiger partial charge in [-0.3, -0.25) is 9.69 Å². The smallest absolute Gasteiger partial charge is 0.238 e. The van der Waals surface area contributed by atoms with Crippen molar-refractivity contribution < 1.29 is 14.3 Å². The molecule has 1 heterocycles. The molecule has 41 heavy (non-hydrogen) atoms. The number of hydrogen-bond acceptors (Lipinski definition) is 8. The maximum absolute atomic E-state index is 13.4. The number of amides is 1. The zero-order valence-corrected chi connectivity index (χ0v) is 23.2. The average molecular weight is 572 g/mol. The number of nitriles is 1. The Balaban J connectivity index is 1.32. The zero-order valence-electron chi connectivity index (χ0n) is 22.4. The molecule has 1 fully saturated rings. The van der Waals surface area contributed by atoms with Crippen LogP contribution in [0.2, 0.25) is 5.02 Å². The Morgan fingerprint density at radius 1 is 1.07 bits per heavy atom. The number of carbonyl (C=O) groups is 1. The summed E-state index contributed by atoms with van der Waals surface area (Å²) in [7, 11) is 0. The lowest BCUT2D eigenvalue weighted by atomic mass is 9.90. The van der Waals surface area contributed by atoms with Crippen molar-refractivity contribution in [1.29, 1.82) is 5.26 Å². The van der Waals surface area contributed by atoms with E-state index in [-0.39, 0.29) is 31.5 Å². The minimum Gasteiger partial charge on any atom is -0.490 e. The van der Waals surface area contributed by atoms with E-state index in [0.29, 0.717) is 34.6 Å². The van der Waals surface area contributed by atoms with Crippen molar-refractivity contribution in [2.45, 2.75) is 44.3 Å². The maximum atomic E-state index is 13.4. The first-order valence-electron chi connectivity index (χ1n) is 13.5. The van der Waals surface area contributed by atoms with E-state index >= 15 is 0 Å². The number of nitrogens with zero attached hydrogens (tertiary/aromatic N) is 6. The molecule has 1 saturated carbocycles. The Hall–Kier alpha value is -4.46. The maximum Gasteiger partial charge on any atom is 0.238 e. The lowest BCUT2D eigenvalue weighted by Crippen LogP contribution is -2.48. The Morgan fingerprint density at radius 2 is 1.80 bits per heavy atom. The Labute approximate surface area is 243 Å². The molecule has 0 radical (unpaired) electrons. The molecule has 1 aromatic heterocycles. The SMILES string of the molecule is N#CCCn1nnnc1C(COc1ccccc1Cl)N(CC(=O)Nc1ccc(Oc2ccccc2)cc1)C1CCC1. The van der Waals surface area contributed by atoms with Crippen LogP contribution in [0, 0.1) is 11.3 Å². The third kappa shape index (κ3) is 7.39. The normalized spacial score (nSPS) is 13.7. The van der Waals surface area contributed by atoms with E-state index in [1.165, 1.54) is 0 Å². The molecule has 0 saturated heterocycles. The largest absolute Gasteiger partial charge is 0.490 e. The van der Waals surface area contributed by atoms with Gasteiger partial charge >= 0.3 is 0 Å². The van der Waals surface area contributed by atoms with Crippen molar-refractivity contribution in [3.63, 3.8) is 0 Å². The van der Waals surface area contributed by atoms with Crippen LogP contribution in [0.1, 0.15) is 37.5 Å². The standard InChI is InChI=1S/C30H30ClN7O3/c31-26-12-4-5-13-28(26)40-21-27(30-34-35-36-38(30)19-7-18-32)37(23-8-6-9-23)20-29(39)33-22-14-16-25(17-15-22)41-24-10-2-1-3-11-24/h1-5,10-17,23,27H,6-9,19-21H2,(H,33,39). The van der Waals surface area contributed by atoms with E-state index in [4.69, 9.17) is 26.3 Å². The highest BCUT2D eigenvalue weighted by molar-refractivity contribution is 6.32. The number of para-hydroxylation sites is 2. The quantitative estimate of drug-likeness (QED) is 0.219. The molecule has 0 bridgehead atoms. The van der Waals surface area contributed by atoms with E-state index in [1.807, 2.05) is 66.7 Å². The zero-order chi connectivity index (χ0) is 28.4. The summed E-state index contributed by atoms with van der Waals surface area (Å²) in [5, 5.41) is 24.9. The second-order valence-electron chi connectivity index (χ2n) is 9.67. The molecule has 1 amide bonds. The van der Waals surface area contributed by atoms with Crippen molar-refractivity contribution in [2.75, 3.05) is 18.5 Å². The van der Waals surface area contributed by atoms with Crippen LogP contribution in [-0.4, -0.2) is 50.2 Å². The van der Waals surface area contributed by atoms with Crippen LogP contribution in [-0.2, 0) is 11.3 Å². The summed E-state index contributed by atoms with van der Waals surface area (Å²) in [6.07, 6.45) is 3.22. The summed E-state index contributed by atoms with van der Waals surface area (Å²) >= 11 is 6.35. The van der Waals surface area contributed by atoms with Crippen molar-refractivity contribution in [1.82, 2.24) is 25.1 Å². The monoisotopic (exact) mass is 571 g/mol. The van der Waals surface area contributed by atoms with E-state index in [2.05, 4.69) is 31.8 Å². The fourth-order valence-corrected chi connectivity index (χ4v) is 4.81. The number of tetrazole rings is 1. The lowest BCUT2D eigenvalue weighted by molar-refractivity contribution is -0.119. The molecule has 210 valence electrons. The molecule has 1 unspecified atom stereocenters. The van der Waals surface area contributed by atoms with Crippen molar-refractivity contribution >= 4 is 23.2 Å². The third-order valence-electron chi connectivity index (χ3n) is 6.91. The summed E-state index contributed by atoms with van der Waals surface area (Å²) in [5.74, 6) is 2.31. The second kappa shape index (κ2) is 13.7. The van der Waals surface area contributed by atoms with Gasteiger partial charge in [0.2, 0.25) is 5.91 Å². The highest BCUT2D eigenvalue weighted by Gasteiger charge is 2.36. The molecule has 1 atom stereocenters. The molecule has 1 N–H and O–H groups in total. The van der Waals surface area contributed by atoms with Crippen LogP contribution >= 0.6 is 11.6 Å². The predicted octanol–water partition coefficient (Wildman–Crippen LogP) is 5.65. The number of carbonyl (C=O) groups excluding carboxylic acids is 1. The Morgan fingerprint density at radius 3 is 2.51 bits per heavy atom. The molecular formula is C30H30ClN7O3. The van der Waals surface area contributed by atoms with Gasteiger partial charge in [-0.15, -0.1) is 5.10 Å². The number of hydrogen-bond donors (Lipinski definition) is 1. The molecule has 5 rings (SSSR count). The van der Waals surface area contributed by atoms with Gasteiger partial charge in [-0.1, -0.05) is 48.4 Å². The Bertz CT molecular complexity index is 1470. The van der Waals surface area contributed by atoms with Crippen LogP contribution in [0.4, 0.5) is 5.69 Å². The molecule has 4 aromatic rings. The van der Waals surface area contributed by atoms with Gasteiger partial charge < -0.3 is 14.8 Å². The topological polar surface area (TPSA) is 118 Å². The number of aryl methyl sites for hydroxylation is 1. The number of aromatic nitrogens is 4. The van der Waals surface area contributed by atoms with Crippen LogP contribution in [0.25, 0.3) is 0 Å². The van der Waals surface area contributed by atoms with E-state index in [0.717, 1.165) is 25.0 Å². The molecule has 1 aliphatic rings. The first kappa shape index (κ1) is 28.1. The third-order valence-corrected chi connectivity index (χ3v) is 7.23. The number of anilines is 1. The number of ether oxygens (including phenoxy) is 2. The highest BCUT2D eigenvalue weighted by atomic mass is 35.5. The van der Waals surface area contributed by atoms with Gasteiger partial charge in [0.25, 0.3) is 0 Å². The van der Waals surface area contributed by atoms with E-state index in [9.17, 15) is 4.79 Å². The van der Waals surface area contributed by atoms with Gasteiger partial charge in [-0.25, -0.2) is 4.68 Å². The summed E-state index contributed by atoms with van der Waals surface area (Å²) < 4.78 is 13.6. The van der Waals surface area contributed by atoms with Gasteiger partial charge in [0.05, 0.1) is 30.6 Å². The lowest BCUT2D eigenvalue weighted by Gasteiger charge is -2.41. The van der Waals surface area contributed by atoms with E-state index < -0.39 is 6.04 Å². The number of rotatable bonds is 13. The first-order valence-corrected chi connectivity index (χ1v) is 13.9. The summed E-state index contributed by atoms with van der Waals surface area (Å²) in [5.41, 5.74) is 0.659. The molecule has 11 heteroatoms. The number of halogens is 1. The van der Waals surface area contributed by atoms with Crippen molar-refractivity contribution in [3.05, 3.63) is 89.7 Å². The number of benzene rings is 3. The minimum absolute atomic E-state index is 0.106. The minimum atomic E-state index is -0.447. The number of nitrogens with one attached hydrogen (secondary N) is 1. The molecule has 1 aliphatic carbocycles. The highest BCUT2D eigenvalue weighted by Crippen LogP contribution is 2.33. The molecular weight excluding hydrogens is 542 g/mol. The summed E-state index contributed by atoms with van der Waals surface area (Å²) in [4.78, 5) is 15.4. The fourth-order valence-electron chi connectivity index (χ4n) is 4.62. The summed E-state index contributed by atoms with van der Waals surface area (Å²) in [6, 6.07) is 25.8. The van der Waals surface area contributed by atoms with Crippen LogP contribution in [0.3, 0.4) is 0 Å². The van der Waals surface area contributed by atoms with Crippen LogP contribution < -0.4 is 14.8 Å². The van der Waals surface area contributed by atoms with Gasteiger partial charge in [0.1, 0.15) is 29.9 Å². The van der Waals surface area contributed by atoms with Crippen LogP contribution in [0.5, 0.6) is 17.2 Å². The molecule has 0 spiro atoms.